The molecule has 4 rings (SSSR count). The smallest absolute Gasteiger partial charge is 0.343 e. The molecule has 1 N–H and O–H groups in total. The minimum absolute atomic E-state index is 0.00551. The summed E-state index contributed by atoms with van der Waals surface area (Å²) in [6.07, 6.45) is 2.36. The third-order valence-corrected chi connectivity index (χ3v) is 6.65. The third-order valence-electron chi connectivity index (χ3n) is 4.89. The summed E-state index contributed by atoms with van der Waals surface area (Å²) in [5.74, 6) is -1.17. The van der Waals surface area contributed by atoms with E-state index < -0.39 is 21.7 Å². The van der Waals surface area contributed by atoms with Gasteiger partial charge in [-0.3, -0.25) is 10.2 Å². The first-order valence-electron chi connectivity index (χ1n) is 10.3. The Morgan fingerprint density at radius 2 is 1.89 bits per heavy atom. The van der Waals surface area contributed by atoms with Crippen molar-refractivity contribution in [2.75, 3.05) is 12.9 Å². The van der Waals surface area contributed by atoms with Crippen molar-refractivity contribution in [3.63, 3.8) is 0 Å². The number of rotatable bonds is 5. The van der Waals surface area contributed by atoms with Gasteiger partial charge in [-0.1, -0.05) is 23.8 Å². The van der Waals surface area contributed by atoms with Crippen LogP contribution in [0.15, 0.2) is 57.4 Å². The van der Waals surface area contributed by atoms with Gasteiger partial charge in [-0.05, 0) is 49.8 Å². The fraction of sp³-hybridized carbons (Fsp3) is 0.174. The molecule has 2 heterocycles. The zero-order valence-corrected chi connectivity index (χ0v) is 20.6. The molecule has 0 fully saturated rings. The zero-order chi connectivity index (χ0) is 25.3. The molecule has 0 aromatic heterocycles. The van der Waals surface area contributed by atoms with Gasteiger partial charge in [-0.25, -0.2) is 18.1 Å². The minimum Gasteiger partial charge on any atom is -0.490 e. The third kappa shape index (κ3) is 5.03. The predicted octanol–water partition coefficient (Wildman–Crippen LogP) is 3.23. The number of aliphatic imine (C=N–C) groups is 1. The van der Waals surface area contributed by atoms with Gasteiger partial charge in [0.1, 0.15) is 5.84 Å². The number of nitrogens with one attached hydrogen (secondary N) is 1. The molecule has 0 spiro atoms. The molecule has 0 atom stereocenters. The van der Waals surface area contributed by atoms with E-state index in [1.165, 1.54) is 12.1 Å². The molecule has 0 saturated carbocycles. The van der Waals surface area contributed by atoms with Crippen LogP contribution in [0.1, 0.15) is 28.4 Å². The highest BCUT2D eigenvalue weighted by atomic mass is 32.2. The molecule has 0 unspecified atom stereocenters. The van der Waals surface area contributed by atoms with E-state index in [2.05, 4.69) is 9.39 Å². The molecule has 2 aromatic carbocycles. The SMILES string of the molecule is CCOc1cc(/C=C2/C(=N)N3C(=NC2=O)SN=C3S(C)(=O)=O)ccc1OC(=O)c1ccc(C)cc1. The Bertz CT molecular complexity index is 1440. The molecule has 1 amide bonds. The Kier molecular flexibility index (Phi) is 6.59. The van der Waals surface area contributed by atoms with Crippen molar-refractivity contribution >= 4 is 55.9 Å². The van der Waals surface area contributed by atoms with Gasteiger partial charge >= 0.3 is 5.97 Å². The summed E-state index contributed by atoms with van der Waals surface area (Å²) >= 11 is 0.720. The van der Waals surface area contributed by atoms with E-state index in [4.69, 9.17) is 14.9 Å². The topological polar surface area (TPSA) is 139 Å². The maximum atomic E-state index is 12.6. The second-order valence-corrected chi connectivity index (χ2v) is 10.2. The molecule has 180 valence electrons. The van der Waals surface area contributed by atoms with Crippen LogP contribution in [0.5, 0.6) is 11.5 Å². The van der Waals surface area contributed by atoms with Crippen molar-refractivity contribution in [3.8, 4) is 11.5 Å². The van der Waals surface area contributed by atoms with Crippen LogP contribution in [-0.2, 0) is 14.6 Å². The highest BCUT2D eigenvalue weighted by Gasteiger charge is 2.41. The first-order chi connectivity index (χ1) is 16.6. The van der Waals surface area contributed by atoms with E-state index in [0.717, 1.165) is 28.7 Å². The van der Waals surface area contributed by atoms with E-state index >= 15 is 0 Å². The van der Waals surface area contributed by atoms with Crippen LogP contribution >= 0.6 is 11.9 Å². The number of esters is 1. The maximum Gasteiger partial charge on any atom is 0.343 e. The lowest BCUT2D eigenvalue weighted by atomic mass is 10.1. The summed E-state index contributed by atoms with van der Waals surface area (Å²) in [5.41, 5.74) is 1.72. The second-order valence-electron chi connectivity index (χ2n) is 7.57. The number of amides is 1. The van der Waals surface area contributed by atoms with Gasteiger partial charge in [0.15, 0.2) is 11.5 Å². The Morgan fingerprint density at radius 1 is 1.17 bits per heavy atom. The molecule has 2 aliphatic rings. The number of aryl methyl sites for hydroxylation is 1. The number of sulfone groups is 1. The molecular formula is C23H20N4O6S2. The molecule has 12 heteroatoms. The number of fused-ring (bicyclic) bond motifs is 1. The van der Waals surface area contributed by atoms with Gasteiger partial charge in [0, 0.05) is 6.26 Å². The molecule has 0 saturated heterocycles. The number of nitrogens with zero attached hydrogens (tertiary/aromatic N) is 3. The van der Waals surface area contributed by atoms with E-state index in [0.29, 0.717) is 11.1 Å². The van der Waals surface area contributed by atoms with Crippen LogP contribution in [0.3, 0.4) is 0 Å². The average Bonchev–Trinajstić information content (AvgIpc) is 3.23. The number of hydrogen-bond donors (Lipinski definition) is 1. The van der Waals surface area contributed by atoms with Crippen molar-refractivity contribution in [2.24, 2.45) is 9.39 Å². The van der Waals surface area contributed by atoms with Crippen LogP contribution < -0.4 is 9.47 Å². The summed E-state index contributed by atoms with van der Waals surface area (Å²) in [5, 5.41) is 8.08. The summed E-state index contributed by atoms with van der Waals surface area (Å²) in [7, 11) is -3.75. The normalized spacial score (nSPS) is 16.7. The van der Waals surface area contributed by atoms with Crippen LogP contribution in [0, 0.1) is 12.3 Å². The zero-order valence-electron chi connectivity index (χ0n) is 18.9. The van der Waals surface area contributed by atoms with Crippen LogP contribution in [0.25, 0.3) is 6.08 Å². The Labute approximate surface area is 205 Å². The summed E-state index contributed by atoms with van der Waals surface area (Å²) < 4.78 is 39.1. The Hall–Kier alpha value is -3.77. The van der Waals surface area contributed by atoms with Gasteiger partial charge in [0.2, 0.25) is 20.2 Å². The standard InChI is InChI=1S/C23H20N4O6S2/c1-4-32-18-12-14(7-10-17(18)33-21(29)15-8-5-13(2)6-9-15)11-16-19(24)27-22(25-20(16)28)34-26-23(27)35(3,30)31/h5-12,24H,4H2,1-3H3/b16-11-,24-19?. The van der Waals surface area contributed by atoms with Gasteiger partial charge in [-0.2, -0.15) is 9.39 Å². The molecule has 0 bridgehead atoms. The number of carbonyl (C=O) groups is 2. The molecule has 35 heavy (non-hydrogen) atoms. The monoisotopic (exact) mass is 512 g/mol. The van der Waals surface area contributed by atoms with Crippen molar-refractivity contribution in [1.29, 1.82) is 5.41 Å². The summed E-state index contributed by atoms with van der Waals surface area (Å²) in [4.78, 5) is 30.0. The fourth-order valence-corrected chi connectivity index (χ4v) is 5.06. The van der Waals surface area contributed by atoms with Crippen LogP contribution in [-0.4, -0.2) is 54.2 Å². The lowest BCUT2D eigenvalue weighted by molar-refractivity contribution is -0.114. The number of ether oxygens (including phenoxy) is 2. The van der Waals surface area contributed by atoms with E-state index in [1.54, 1.807) is 43.3 Å². The molecular weight excluding hydrogens is 492 g/mol. The highest BCUT2D eigenvalue weighted by molar-refractivity contribution is 8.16. The van der Waals surface area contributed by atoms with E-state index in [1.807, 2.05) is 6.92 Å². The highest BCUT2D eigenvalue weighted by Crippen LogP contribution is 2.33. The first kappa shape index (κ1) is 24.4. The Balaban J connectivity index is 1.64. The van der Waals surface area contributed by atoms with E-state index in [9.17, 15) is 18.0 Å². The number of benzene rings is 2. The second kappa shape index (κ2) is 9.47. The molecule has 2 aromatic rings. The van der Waals surface area contributed by atoms with E-state index in [-0.39, 0.29) is 39.8 Å². The van der Waals surface area contributed by atoms with Gasteiger partial charge in [0.05, 0.1) is 29.7 Å². The lowest BCUT2D eigenvalue weighted by Crippen LogP contribution is -2.45. The largest absolute Gasteiger partial charge is 0.490 e. The number of hydrogen-bond acceptors (Lipinski definition) is 9. The molecule has 0 radical (unpaired) electrons. The first-order valence-corrected chi connectivity index (χ1v) is 13.0. The fourth-order valence-electron chi connectivity index (χ4n) is 3.22. The summed E-state index contributed by atoms with van der Waals surface area (Å²) in [6.45, 7) is 3.97. The molecule has 0 aliphatic carbocycles. The average molecular weight is 513 g/mol. The number of amidine groups is 3. The van der Waals surface area contributed by atoms with Crippen LogP contribution in [0.4, 0.5) is 0 Å². The van der Waals surface area contributed by atoms with Crippen molar-refractivity contribution < 1.29 is 27.5 Å². The Morgan fingerprint density at radius 3 is 2.54 bits per heavy atom. The quantitative estimate of drug-likeness (QED) is 0.279. The molecule has 10 nitrogen and oxygen atoms in total. The predicted molar refractivity (Wildman–Crippen MR) is 134 cm³/mol. The van der Waals surface area contributed by atoms with Gasteiger partial charge in [-0.15, -0.1) is 0 Å². The minimum atomic E-state index is -3.75. The molecule has 2 aliphatic heterocycles. The van der Waals surface area contributed by atoms with Crippen molar-refractivity contribution in [2.45, 2.75) is 13.8 Å². The maximum absolute atomic E-state index is 12.6. The lowest BCUT2D eigenvalue weighted by Gasteiger charge is -2.23. The van der Waals surface area contributed by atoms with Crippen molar-refractivity contribution in [1.82, 2.24) is 4.90 Å². The van der Waals surface area contributed by atoms with Crippen LogP contribution in [0.2, 0.25) is 0 Å². The van der Waals surface area contributed by atoms with Crippen molar-refractivity contribution in [3.05, 3.63) is 64.7 Å². The van der Waals surface area contributed by atoms with Gasteiger partial charge < -0.3 is 9.47 Å². The number of carbonyl (C=O) groups excluding carboxylic acids is 2. The summed E-state index contributed by atoms with van der Waals surface area (Å²) in [6, 6.07) is 11.6. The van der Waals surface area contributed by atoms with Gasteiger partial charge in [0.25, 0.3) is 5.91 Å².